The minimum atomic E-state index is -0.379. The molecule has 2 aromatic carbocycles. The summed E-state index contributed by atoms with van der Waals surface area (Å²) in [5.74, 6) is 0. The average molecular weight is 280 g/mol. The van der Waals surface area contributed by atoms with E-state index in [0.29, 0.717) is 16.9 Å². The van der Waals surface area contributed by atoms with Gasteiger partial charge in [0.05, 0.1) is 11.3 Å². The predicted octanol–water partition coefficient (Wildman–Crippen LogP) is 3.27. The number of anilines is 3. The molecule has 106 valence electrons. The number of hydrogen-bond donors (Lipinski definition) is 2. The fourth-order valence-corrected chi connectivity index (χ4v) is 1.82. The van der Waals surface area contributed by atoms with Crippen LogP contribution in [0.15, 0.2) is 48.5 Å². The summed E-state index contributed by atoms with van der Waals surface area (Å²) in [6, 6.07) is 16.0. The average Bonchev–Trinajstić information content (AvgIpc) is 2.48. The van der Waals surface area contributed by atoms with Crippen molar-refractivity contribution in [3.8, 4) is 6.07 Å². The third-order valence-corrected chi connectivity index (χ3v) is 2.94. The Morgan fingerprint density at radius 1 is 1.05 bits per heavy atom. The lowest BCUT2D eigenvalue weighted by molar-refractivity contribution is 0.262. The molecule has 0 fully saturated rings. The van der Waals surface area contributed by atoms with Crippen LogP contribution in [-0.4, -0.2) is 20.1 Å². The molecule has 5 nitrogen and oxygen atoms in total. The molecule has 0 heterocycles. The van der Waals surface area contributed by atoms with E-state index in [1.54, 1.807) is 24.3 Å². The molecule has 0 spiro atoms. The number of nitriles is 1. The fraction of sp³-hybridized carbons (Fsp3) is 0.125. The summed E-state index contributed by atoms with van der Waals surface area (Å²) >= 11 is 0. The zero-order valence-corrected chi connectivity index (χ0v) is 11.9. The standard InChI is InChI=1S/C16H16N4O/c1-20(2)14-9-7-13(8-10-14)18-16(21)19-15-6-4-3-5-12(15)11-17/h3-10H,1-2H3,(H2,18,19,21). The van der Waals surface area contributed by atoms with Crippen LogP contribution in [0.3, 0.4) is 0 Å². The topological polar surface area (TPSA) is 68.2 Å². The van der Waals surface area contributed by atoms with Gasteiger partial charge < -0.3 is 15.5 Å². The van der Waals surface area contributed by atoms with E-state index in [1.807, 2.05) is 49.3 Å². The van der Waals surface area contributed by atoms with E-state index in [4.69, 9.17) is 5.26 Å². The van der Waals surface area contributed by atoms with Crippen molar-refractivity contribution in [2.75, 3.05) is 29.6 Å². The first-order chi connectivity index (χ1) is 10.1. The van der Waals surface area contributed by atoms with Crippen LogP contribution in [0, 0.1) is 11.3 Å². The molecule has 0 saturated carbocycles. The highest BCUT2D eigenvalue weighted by molar-refractivity contribution is 6.00. The zero-order valence-electron chi connectivity index (χ0n) is 11.9. The fourth-order valence-electron chi connectivity index (χ4n) is 1.82. The smallest absolute Gasteiger partial charge is 0.323 e. The van der Waals surface area contributed by atoms with Gasteiger partial charge in [0.1, 0.15) is 6.07 Å². The second-order valence-corrected chi connectivity index (χ2v) is 4.68. The Hall–Kier alpha value is -3.00. The Labute approximate surface area is 123 Å². The van der Waals surface area contributed by atoms with Gasteiger partial charge in [-0.05, 0) is 36.4 Å². The molecule has 0 aliphatic heterocycles. The first kappa shape index (κ1) is 14.4. The largest absolute Gasteiger partial charge is 0.378 e. The molecule has 0 aromatic heterocycles. The number of nitrogens with one attached hydrogen (secondary N) is 2. The normalized spacial score (nSPS) is 9.57. The van der Waals surface area contributed by atoms with Crippen LogP contribution in [0.25, 0.3) is 0 Å². The number of urea groups is 1. The minimum Gasteiger partial charge on any atom is -0.378 e. The van der Waals surface area contributed by atoms with E-state index in [2.05, 4.69) is 10.6 Å². The van der Waals surface area contributed by atoms with Gasteiger partial charge in [0, 0.05) is 25.5 Å². The van der Waals surface area contributed by atoms with Gasteiger partial charge in [-0.25, -0.2) is 4.79 Å². The second kappa shape index (κ2) is 6.44. The van der Waals surface area contributed by atoms with Crippen LogP contribution in [0.1, 0.15) is 5.56 Å². The molecular formula is C16H16N4O. The number of para-hydroxylation sites is 1. The Bertz CT molecular complexity index is 671. The van der Waals surface area contributed by atoms with Gasteiger partial charge in [-0.2, -0.15) is 5.26 Å². The molecule has 0 aliphatic carbocycles. The van der Waals surface area contributed by atoms with Crippen LogP contribution in [0.4, 0.5) is 21.9 Å². The Morgan fingerprint density at radius 2 is 1.71 bits per heavy atom. The van der Waals surface area contributed by atoms with Crippen molar-refractivity contribution in [1.29, 1.82) is 5.26 Å². The summed E-state index contributed by atoms with van der Waals surface area (Å²) < 4.78 is 0. The monoisotopic (exact) mass is 280 g/mol. The molecule has 0 aliphatic rings. The predicted molar refractivity (Wildman–Crippen MR) is 84.6 cm³/mol. The van der Waals surface area contributed by atoms with Crippen LogP contribution < -0.4 is 15.5 Å². The lowest BCUT2D eigenvalue weighted by Gasteiger charge is -2.13. The first-order valence-corrected chi connectivity index (χ1v) is 6.44. The molecular weight excluding hydrogens is 264 g/mol. The number of carbonyl (C=O) groups is 1. The van der Waals surface area contributed by atoms with E-state index in [0.717, 1.165) is 5.69 Å². The Morgan fingerprint density at radius 3 is 2.33 bits per heavy atom. The number of nitrogens with zero attached hydrogens (tertiary/aromatic N) is 2. The van der Waals surface area contributed by atoms with Crippen molar-refractivity contribution in [3.63, 3.8) is 0 Å². The molecule has 0 unspecified atom stereocenters. The maximum absolute atomic E-state index is 11.9. The van der Waals surface area contributed by atoms with Gasteiger partial charge in [-0.3, -0.25) is 0 Å². The second-order valence-electron chi connectivity index (χ2n) is 4.68. The van der Waals surface area contributed by atoms with Crippen molar-refractivity contribution >= 4 is 23.1 Å². The number of benzene rings is 2. The minimum absolute atomic E-state index is 0.379. The zero-order chi connectivity index (χ0) is 15.2. The Kier molecular flexibility index (Phi) is 4.42. The van der Waals surface area contributed by atoms with E-state index < -0.39 is 0 Å². The summed E-state index contributed by atoms with van der Waals surface area (Å²) in [6.07, 6.45) is 0. The lowest BCUT2D eigenvalue weighted by atomic mass is 10.2. The van der Waals surface area contributed by atoms with E-state index in [1.165, 1.54) is 0 Å². The molecule has 0 radical (unpaired) electrons. The Balaban J connectivity index is 2.03. The third kappa shape index (κ3) is 3.74. The summed E-state index contributed by atoms with van der Waals surface area (Å²) in [5.41, 5.74) is 2.65. The molecule has 0 atom stereocenters. The molecule has 0 bridgehead atoms. The number of carbonyl (C=O) groups excluding carboxylic acids is 1. The van der Waals surface area contributed by atoms with Gasteiger partial charge in [-0.1, -0.05) is 12.1 Å². The van der Waals surface area contributed by atoms with Gasteiger partial charge in [-0.15, -0.1) is 0 Å². The van der Waals surface area contributed by atoms with E-state index in [9.17, 15) is 4.79 Å². The summed E-state index contributed by atoms with van der Waals surface area (Å²) in [4.78, 5) is 13.9. The number of amides is 2. The summed E-state index contributed by atoms with van der Waals surface area (Å²) in [6.45, 7) is 0. The van der Waals surface area contributed by atoms with Crippen molar-refractivity contribution < 1.29 is 4.79 Å². The van der Waals surface area contributed by atoms with Gasteiger partial charge in [0.25, 0.3) is 0 Å². The highest BCUT2D eigenvalue weighted by atomic mass is 16.2. The van der Waals surface area contributed by atoms with E-state index in [-0.39, 0.29) is 6.03 Å². The molecule has 2 aromatic rings. The molecule has 2 amide bonds. The van der Waals surface area contributed by atoms with Gasteiger partial charge in [0.15, 0.2) is 0 Å². The molecule has 21 heavy (non-hydrogen) atoms. The number of rotatable bonds is 3. The lowest BCUT2D eigenvalue weighted by Crippen LogP contribution is -2.20. The van der Waals surface area contributed by atoms with Crippen molar-refractivity contribution in [1.82, 2.24) is 0 Å². The third-order valence-electron chi connectivity index (χ3n) is 2.94. The summed E-state index contributed by atoms with van der Waals surface area (Å²) in [7, 11) is 3.90. The van der Waals surface area contributed by atoms with E-state index >= 15 is 0 Å². The van der Waals surface area contributed by atoms with Crippen molar-refractivity contribution in [2.45, 2.75) is 0 Å². The van der Waals surface area contributed by atoms with Gasteiger partial charge >= 0.3 is 6.03 Å². The summed E-state index contributed by atoms with van der Waals surface area (Å²) in [5, 5.41) is 14.4. The van der Waals surface area contributed by atoms with Crippen LogP contribution in [0.5, 0.6) is 0 Å². The molecule has 0 saturated heterocycles. The van der Waals surface area contributed by atoms with Crippen LogP contribution in [-0.2, 0) is 0 Å². The highest BCUT2D eigenvalue weighted by Gasteiger charge is 2.06. The first-order valence-electron chi connectivity index (χ1n) is 6.44. The number of hydrogen-bond acceptors (Lipinski definition) is 3. The maximum Gasteiger partial charge on any atom is 0.323 e. The molecule has 2 rings (SSSR count). The van der Waals surface area contributed by atoms with Crippen molar-refractivity contribution in [3.05, 3.63) is 54.1 Å². The van der Waals surface area contributed by atoms with Crippen LogP contribution >= 0.6 is 0 Å². The van der Waals surface area contributed by atoms with Gasteiger partial charge in [0.2, 0.25) is 0 Å². The SMILES string of the molecule is CN(C)c1ccc(NC(=O)Nc2ccccc2C#N)cc1. The van der Waals surface area contributed by atoms with Crippen molar-refractivity contribution in [2.24, 2.45) is 0 Å². The quantitative estimate of drug-likeness (QED) is 0.906. The molecule has 5 heteroatoms. The maximum atomic E-state index is 11.9. The van der Waals surface area contributed by atoms with Crippen LogP contribution in [0.2, 0.25) is 0 Å². The highest BCUT2D eigenvalue weighted by Crippen LogP contribution is 2.17. The molecule has 2 N–H and O–H groups in total.